The maximum atomic E-state index is 12.8. The summed E-state index contributed by atoms with van der Waals surface area (Å²) in [4.78, 5) is 12.3. The van der Waals surface area contributed by atoms with Gasteiger partial charge in [-0.2, -0.15) is 8.78 Å². The highest BCUT2D eigenvalue weighted by atomic mass is 19.3. The Hall–Kier alpha value is -0.710. The summed E-state index contributed by atoms with van der Waals surface area (Å²) in [6.45, 7) is 1.54. The van der Waals surface area contributed by atoms with Crippen LogP contribution in [-0.4, -0.2) is 42.4 Å². The molecule has 2 heterocycles. The fourth-order valence-corrected chi connectivity index (χ4v) is 1.80. The predicted octanol–water partition coefficient (Wildman–Crippen LogP) is -0.174. The van der Waals surface area contributed by atoms with Crippen LogP contribution in [-0.2, 0) is 4.79 Å². The lowest BCUT2D eigenvalue weighted by Crippen LogP contribution is -2.49. The van der Waals surface area contributed by atoms with Crippen molar-refractivity contribution in [2.45, 2.75) is 18.4 Å². The lowest BCUT2D eigenvalue weighted by molar-refractivity contribution is -0.148. The van der Waals surface area contributed by atoms with Crippen LogP contribution in [0.2, 0.25) is 0 Å². The number of hydrogen-bond acceptors (Lipinski definition) is 2. The molecule has 2 aliphatic rings. The quantitative estimate of drug-likeness (QED) is 0.555. The van der Waals surface area contributed by atoms with Crippen molar-refractivity contribution in [2.24, 2.45) is 0 Å². The molecule has 2 aliphatic heterocycles. The molecule has 1 unspecified atom stereocenters. The van der Waals surface area contributed by atoms with E-state index in [4.69, 9.17) is 0 Å². The van der Waals surface area contributed by atoms with Gasteiger partial charge in [-0.1, -0.05) is 0 Å². The third kappa shape index (κ3) is 0.998. The number of hydrogen-bond donors (Lipinski definition) is 1. The Morgan fingerprint density at radius 3 is 3.00 bits per heavy atom. The molecular weight excluding hydrogens is 166 g/mol. The van der Waals surface area contributed by atoms with Crippen LogP contribution in [0.25, 0.3) is 0 Å². The van der Waals surface area contributed by atoms with Crippen molar-refractivity contribution in [3.8, 4) is 0 Å². The maximum absolute atomic E-state index is 12.8. The second-order valence-corrected chi connectivity index (χ2v) is 3.27. The monoisotopic (exact) mass is 176 g/mol. The third-order valence-electron chi connectivity index (χ3n) is 2.42. The van der Waals surface area contributed by atoms with Crippen molar-refractivity contribution < 1.29 is 13.6 Å². The minimum Gasteiger partial charge on any atom is -0.332 e. The summed E-state index contributed by atoms with van der Waals surface area (Å²) < 4.78 is 25.6. The minimum absolute atomic E-state index is 0.291. The van der Waals surface area contributed by atoms with E-state index in [2.05, 4.69) is 5.32 Å². The topological polar surface area (TPSA) is 32.3 Å². The molecule has 0 radical (unpaired) electrons. The Morgan fingerprint density at radius 2 is 2.33 bits per heavy atom. The summed E-state index contributed by atoms with van der Waals surface area (Å²) in [5.41, 5.74) is 0. The lowest BCUT2D eigenvalue weighted by Gasteiger charge is -2.29. The summed E-state index contributed by atoms with van der Waals surface area (Å²) in [5.74, 6) is -4.11. The molecule has 2 saturated heterocycles. The number of fused-ring (bicyclic) bond motifs is 1. The fraction of sp³-hybridized carbons (Fsp3) is 0.857. The van der Waals surface area contributed by atoms with Crippen LogP contribution >= 0.6 is 0 Å². The van der Waals surface area contributed by atoms with E-state index in [0.717, 1.165) is 0 Å². The van der Waals surface area contributed by atoms with Gasteiger partial charge in [0.05, 0.1) is 6.04 Å². The number of carbonyl (C=O) groups is 1. The molecular formula is C7H10F2N2O. The average molecular weight is 176 g/mol. The number of alkyl halides is 2. The molecule has 12 heavy (non-hydrogen) atoms. The minimum atomic E-state index is -3.11. The fourth-order valence-electron chi connectivity index (χ4n) is 1.80. The zero-order chi connectivity index (χ0) is 8.77. The molecule has 1 amide bonds. The zero-order valence-electron chi connectivity index (χ0n) is 6.52. The predicted molar refractivity (Wildman–Crippen MR) is 37.9 cm³/mol. The van der Waals surface area contributed by atoms with Gasteiger partial charge in [0.15, 0.2) is 0 Å². The van der Waals surface area contributed by atoms with E-state index in [-0.39, 0.29) is 12.5 Å². The first-order chi connectivity index (χ1) is 5.61. The van der Waals surface area contributed by atoms with Crippen molar-refractivity contribution in [3.05, 3.63) is 0 Å². The van der Waals surface area contributed by atoms with Crippen LogP contribution in [0.1, 0.15) is 6.42 Å². The van der Waals surface area contributed by atoms with Gasteiger partial charge < -0.3 is 10.2 Å². The molecule has 0 spiro atoms. The Morgan fingerprint density at radius 1 is 1.58 bits per heavy atom. The van der Waals surface area contributed by atoms with Gasteiger partial charge >= 0.3 is 5.92 Å². The molecule has 0 aromatic carbocycles. The number of piperazine rings is 1. The summed E-state index contributed by atoms with van der Waals surface area (Å²) in [7, 11) is 0. The molecule has 3 nitrogen and oxygen atoms in total. The maximum Gasteiger partial charge on any atom is 0.326 e. The smallest absolute Gasteiger partial charge is 0.326 e. The molecule has 0 saturated carbocycles. The Labute approximate surface area is 68.7 Å². The van der Waals surface area contributed by atoms with E-state index in [1.807, 2.05) is 0 Å². The lowest BCUT2D eigenvalue weighted by atomic mass is 10.1. The van der Waals surface area contributed by atoms with Crippen LogP contribution in [0.5, 0.6) is 0 Å². The van der Waals surface area contributed by atoms with Gasteiger partial charge in [0.25, 0.3) is 5.91 Å². The number of halogens is 2. The van der Waals surface area contributed by atoms with Crippen LogP contribution in [0.4, 0.5) is 8.78 Å². The van der Waals surface area contributed by atoms with Crippen LogP contribution in [0, 0.1) is 0 Å². The van der Waals surface area contributed by atoms with E-state index >= 15 is 0 Å². The van der Waals surface area contributed by atoms with E-state index in [1.54, 1.807) is 0 Å². The highest BCUT2D eigenvalue weighted by Crippen LogP contribution is 2.33. The largest absolute Gasteiger partial charge is 0.332 e. The summed E-state index contributed by atoms with van der Waals surface area (Å²) in [6, 6.07) is -0.291. The van der Waals surface area contributed by atoms with E-state index in [1.165, 1.54) is 4.90 Å². The highest BCUT2D eigenvalue weighted by Gasteiger charge is 2.53. The Kier molecular flexibility index (Phi) is 1.57. The van der Waals surface area contributed by atoms with E-state index in [9.17, 15) is 13.6 Å². The van der Waals surface area contributed by atoms with Gasteiger partial charge in [-0.15, -0.1) is 0 Å². The standard InChI is InChI=1S/C7H10F2N2O/c8-7(9)3-5-4-10-1-2-11(5)6(7)12/h5,10H,1-4H2. The second kappa shape index (κ2) is 2.39. The second-order valence-electron chi connectivity index (χ2n) is 3.27. The van der Waals surface area contributed by atoms with Crippen LogP contribution in [0.15, 0.2) is 0 Å². The molecule has 68 valence electrons. The first-order valence-electron chi connectivity index (χ1n) is 4.01. The van der Waals surface area contributed by atoms with E-state index < -0.39 is 11.8 Å². The first kappa shape index (κ1) is 7.91. The number of rotatable bonds is 0. The Bertz CT molecular complexity index is 219. The number of carbonyl (C=O) groups excluding carboxylic acids is 1. The molecule has 5 heteroatoms. The van der Waals surface area contributed by atoms with Crippen molar-refractivity contribution in [3.63, 3.8) is 0 Å². The van der Waals surface area contributed by atoms with Crippen molar-refractivity contribution >= 4 is 5.91 Å². The van der Waals surface area contributed by atoms with Gasteiger partial charge in [0.1, 0.15) is 0 Å². The molecule has 1 N–H and O–H groups in total. The molecule has 1 atom stereocenters. The van der Waals surface area contributed by atoms with E-state index in [0.29, 0.717) is 19.6 Å². The molecule has 2 rings (SSSR count). The number of amides is 1. The molecule has 0 aromatic rings. The molecule has 0 aromatic heterocycles. The van der Waals surface area contributed by atoms with Crippen LogP contribution < -0.4 is 5.32 Å². The van der Waals surface area contributed by atoms with Crippen molar-refractivity contribution in [2.75, 3.05) is 19.6 Å². The van der Waals surface area contributed by atoms with Gasteiger partial charge in [-0.3, -0.25) is 4.79 Å². The highest BCUT2D eigenvalue weighted by molar-refractivity contribution is 5.86. The summed E-state index contributed by atoms with van der Waals surface area (Å²) >= 11 is 0. The molecule has 0 bridgehead atoms. The summed E-state index contributed by atoms with van der Waals surface area (Å²) in [6.07, 6.45) is -0.321. The molecule has 2 fully saturated rings. The SMILES string of the molecule is O=C1N2CCNCC2CC1(F)F. The van der Waals surface area contributed by atoms with Gasteiger partial charge in [-0.05, 0) is 0 Å². The molecule has 0 aliphatic carbocycles. The van der Waals surface area contributed by atoms with Gasteiger partial charge in [-0.25, -0.2) is 0 Å². The Balaban J connectivity index is 2.19. The van der Waals surface area contributed by atoms with Gasteiger partial charge in [0.2, 0.25) is 0 Å². The number of nitrogens with zero attached hydrogens (tertiary/aromatic N) is 1. The summed E-state index contributed by atoms with van der Waals surface area (Å²) in [5, 5.41) is 2.99. The van der Waals surface area contributed by atoms with Gasteiger partial charge in [0, 0.05) is 26.1 Å². The third-order valence-corrected chi connectivity index (χ3v) is 2.42. The van der Waals surface area contributed by atoms with Crippen molar-refractivity contribution in [1.29, 1.82) is 0 Å². The van der Waals surface area contributed by atoms with Crippen molar-refractivity contribution in [1.82, 2.24) is 10.2 Å². The number of nitrogens with one attached hydrogen (secondary N) is 1. The normalized spacial score (nSPS) is 33.7. The average Bonchev–Trinajstić information content (AvgIpc) is 2.24. The van der Waals surface area contributed by atoms with Crippen LogP contribution in [0.3, 0.4) is 0 Å². The first-order valence-corrected chi connectivity index (χ1v) is 4.01. The zero-order valence-corrected chi connectivity index (χ0v) is 6.52.